The fourth-order valence-corrected chi connectivity index (χ4v) is 5.04. The summed E-state index contributed by atoms with van der Waals surface area (Å²) in [5.41, 5.74) is 1.44. The van der Waals surface area contributed by atoms with E-state index >= 15 is 0 Å². The summed E-state index contributed by atoms with van der Waals surface area (Å²) in [6, 6.07) is 4.67. The van der Waals surface area contributed by atoms with Crippen LogP contribution < -0.4 is 10.6 Å². The summed E-state index contributed by atoms with van der Waals surface area (Å²) in [5, 5.41) is 54.5. The Morgan fingerprint density at radius 3 is 2.06 bits per heavy atom. The van der Waals surface area contributed by atoms with Crippen molar-refractivity contribution in [3.05, 3.63) is 51.4 Å². The average molecular weight is 471 g/mol. The van der Waals surface area contributed by atoms with Crippen molar-refractivity contribution in [2.45, 2.75) is 32.6 Å². The molecule has 2 aromatic carbocycles. The molecule has 2 amide bonds. The van der Waals surface area contributed by atoms with Crippen molar-refractivity contribution in [2.75, 3.05) is 10.6 Å². The average Bonchev–Trinajstić information content (AvgIpc) is 3.13. The van der Waals surface area contributed by atoms with Gasteiger partial charge in [-0.2, -0.15) is 0 Å². The fraction of sp³-hybridized carbons (Fsp3) is 0.217. The van der Waals surface area contributed by atoms with Crippen LogP contribution in [0.3, 0.4) is 0 Å². The third kappa shape index (κ3) is 4.24. The lowest BCUT2D eigenvalue weighted by molar-refractivity contribution is 0.102. The minimum absolute atomic E-state index is 0.0294. The van der Waals surface area contributed by atoms with Gasteiger partial charge in [0.05, 0.1) is 5.56 Å². The van der Waals surface area contributed by atoms with Gasteiger partial charge in [-0.15, -0.1) is 11.3 Å². The van der Waals surface area contributed by atoms with E-state index in [1.54, 1.807) is 0 Å². The van der Waals surface area contributed by atoms with Crippen LogP contribution in [0, 0.1) is 6.92 Å². The summed E-state index contributed by atoms with van der Waals surface area (Å²) in [6.07, 6.45) is 3.27. The molecule has 0 saturated carbocycles. The van der Waals surface area contributed by atoms with Crippen LogP contribution in [0.1, 0.15) is 49.6 Å². The van der Waals surface area contributed by atoms with Gasteiger partial charge in [-0.25, -0.2) is 0 Å². The van der Waals surface area contributed by atoms with Gasteiger partial charge in [-0.1, -0.05) is 0 Å². The third-order valence-corrected chi connectivity index (χ3v) is 6.78. The van der Waals surface area contributed by atoms with Crippen molar-refractivity contribution in [3.8, 4) is 28.7 Å². The van der Waals surface area contributed by atoms with Crippen LogP contribution in [0.25, 0.3) is 0 Å². The molecule has 1 heterocycles. The van der Waals surface area contributed by atoms with Gasteiger partial charge in [0.1, 0.15) is 16.5 Å². The zero-order valence-corrected chi connectivity index (χ0v) is 18.4. The number of benzene rings is 2. The molecule has 7 N–H and O–H groups in total. The maximum atomic E-state index is 13.2. The molecule has 0 atom stereocenters. The van der Waals surface area contributed by atoms with Gasteiger partial charge in [0, 0.05) is 33.8 Å². The predicted molar refractivity (Wildman–Crippen MR) is 123 cm³/mol. The second-order valence-electron chi connectivity index (χ2n) is 7.83. The number of aromatic hydroxyl groups is 5. The number of fused-ring (bicyclic) bond motifs is 1. The molecular formula is C23H22N2O7S. The van der Waals surface area contributed by atoms with Gasteiger partial charge in [-0.05, 0) is 50.3 Å². The number of carbonyl (C=O) groups is 2. The highest BCUT2D eigenvalue weighted by Gasteiger charge is 2.27. The first-order valence-corrected chi connectivity index (χ1v) is 11.0. The second-order valence-corrected chi connectivity index (χ2v) is 8.93. The highest BCUT2D eigenvalue weighted by Crippen LogP contribution is 2.41. The summed E-state index contributed by atoms with van der Waals surface area (Å²) in [6.45, 7) is 1.51. The van der Waals surface area contributed by atoms with E-state index in [0.29, 0.717) is 11.4 Å². The maximum absolute atomic E-state index is 13.2. The van der Waals surface area contributed by atoms with Gasteiger partial charge in [0.2, 0.25) is 0 Å². The van der Waals surface area contributed by atoms with E-state index in [4.69, 9.17) is 0 Å². The number of carbonyl (C=O) groups excluding carboxylic acids is 2. The Hall–Kier alpha value is -3.92. The monoisotopic (exact) mass is 470 g/mol. The summed E-state index contributed by atoms with van der Waals surface area (Å²) in [4.78, 5) is 27.0. The van der Waals surface area contributed by atoms with E-state index in [-0.39, 0.29) is 33.9 Å². The Morgan fingerprint density at radius 1 is 0.818 bits per heavy atom. The number of phenols is 5. The predicted octanol–water partition coefficient (Wildman–Crippen LogP) is 3.97. The van der Waals surface area contributed by atoms with E-state index in [0.717, 1.165) is 41.8 Å². The van der Waals surface area contributed by atoms with Crippen molar-refractivity contribution in [3.63, 3.8) is 0 Å². The van der Waals surface area contributed by atoms with Crippen molar-refractivity contribution < 1.29 is 35.1 Å². The van der Waals surface area contributed by atoms with E-state index in [1.165, 1.54) is 30.4 Å². The molecule has 9 nitrogen and oxygen atoms in total. The number of nitrogens with one attached hydrogen (secondary N) is 2. The Balaban J connectivity index is 1.68. The van der Waals surface area contributed by atoms with Crippen molar-refractivity contribution in [1.82, 2.24) is 0 Å². The Labute approximate surface area is 192 Å². The molecule has 1 aliphatic carbocycles. The fourth-order valence-electron chi connectivity index (χ4n) is 3.75. The van der Waals surface area contributed by atoms with E-state index in [1.807, 2.05) is 0 Å². The standard InChI is InChI=1S/C23H22N2O7S/c1-10-14(26)6-11(7-15(10)27)21(31)25-23-19(13-4-2-3-5-18(13)33-23)22(32)24-12-8-16(28)20(30)17(29)9-12/h6-9,26-30H,2-5H2,1H3,(H,24,32)(H,25,31). The first kappa shape index (κ1) is 22.3. The molecule has 0 bridgehead atoms. The van der Waals surface area contributed by atoms with Crippen molar-refractivity contribution >= 4 is 33.8 Å². The number of anilines is 2. The van der Waals surface area contributed by atoms with Gasteiger partial charge in [0.15, 0.2) is 17.2 Å². The van der Waals surface area contributed by atoms with Gasteiger partial charge in [-0.3, -0.25) is 9.59 Å². The summed E-state index contributed by atoms with van der Waals surface area (Å²) in [7, 11) is 0. The minimum atomic E-state index is -0.696. The van der Waals surface area contributed by atoms with E-state index in [2.05, 4.69) is 10.6 Å². The normalized spacial score (nSPS) is 12.8. The number of rotatable bonds is 4. The molecule has 33 heavy (non-hydrogen) atoms. The number of amides is 2. The molecule has 0 fully saturated rings. The Bertz CT molecular complexity index is 1240. The van der Waals surface area contributed by atoms with Crippen molar-refractivity contribution in [2.24, 2.45) is 0 Å². The van der Waals surface area contributed by atoms with Crippen LogP contribution >= 0.6 is 11.3 Å². The number of thiophene rings is 1. The molecule has 10 heteroatoms. The van der Waals surface area contributed by atoms with Crippen LogP contribution in [-0.2, 0) is 12.8 Å². The van der Waals surface area contributed by atoms with Gasteiger partial charge in [0.25, 0.3) is 11.8 Å². The smallest absolute Gasteiger partial charge is 0.258 e. The summed E-state index contributed by atoms with van der Waals surface area (Å²) < 4.78 is 0. The van der Waals surface area contributed by atoms with Crippen molar-refractivity contribution in [1.29, 1.82) is 0 Å². The molecule has 1 aromatic heterocycles. The lowest BCUT2D eigenvalue weighted by atomic mass is 9.95. The second kappa shape index (κ2) is 8.55. The molecule has 0 radical (unpaired) electrons. The zero-order valence-electron chi connectivity index (χ0n) is 17.6. The Kier molecular flexibility index (Phi) is 5.77. The van der Waals surface area contributed by atoms with Crippen LogP contribution in [-0.4, -0.2) is 37.3 Å². The SMILES string of the molecule is Cc1c(O)cc(C(=O)Nc2sc3c(c2C(=O)Nc2cc(O)c(O)c(O)c2)CCCC3)cc1O. The lowest BCUT2D eigenvalue weighted by Crippen LogP contribution is -2.18. The minimum Gasteiger partial charge on any atom is -0.508 e. The summed E-state index contributed by atoms with van der Waals surface area (Å²) in [5.74, 6) is -3.49. The van der Waals surface area contributed by atoms with Crippen LogP contribution in [0.4, 0.5) is 10.7 Å². The molecule has 4 rings (SSSR count). The van der Waals surface area contributed by atoms with E-state index in [9.17, 15) is 35.1 Å². The molecule has 1 aliphatic rings. The van der Waals surface area contributed by atoms with Crippen LogP contribution in [0.2, 0.25) is 0 Å². The number of hydrogen-bond donors (Lipinski definition) is 7. The Morgan fingerprint density at radius 2 is 1.42 bits per heavy atom. The van der Waals surface area contributed by atoms with Gasteiger partial charge >= 0.3 is 0 Å². The van der Waals surface area contributed by atoms with Crippen LogP contribution in [0.15, 0.2) is 24.3 Å². The molecule has 0 aliphatic heterocycles. The zero-order chi connectivity index (χ0) is 23.9. The quantitative estimate of drug-likeness (QED) is 0.224. The topological polar surface area (TPSA) is 159 Å². The number of phenolic OH excluding ortho intramolecular Hbond substituents is 5. The number of hydrogen-bond acceptors (Lipinski definition) is 8. The highest BCUT2D eigenvalue weighted by molar-refractivity contribution is 7.17. The molecule has 3 aromatic rings. The number of aryl methyl sites for hydroxylation is 1. The van der Waals surface area contributed by atoms with E-state index < -0.39 is 29.1 Å². The maximum Gasteiger partial charge on any atom is 0.258 e. The summed E-state index contributed by atoms with van der Waals surface area (Å²) >= 11 is 1.29. The first-order chi connectivity index (χ1) is 15.7. The highest BCUT2D eigenvalue weighted by atomic mass is 32.1. The lowest BCUT2D eigenvalue weighted by Gasteiger charge is -2.14. The molecule has 172 valence electrons. The van der Waals surface area contributed by atoms with Crippen LogP contribution in [0.5, 0.6) is 28.7 Å². The molecule has 0 unspecified atom stereocenters. The molecular weight excluding hydrogens is 448 g/mol. The van der Waals surface area contributed by atoms with Gasteiger partial charge < -0.3 is 36.2 Å². The third-order valence-electron chi connectivity index (χ3n) is 5.57. The molecule has 0 saturated heterocycles. The first-order valence-electron chi connectivity index (χ1n) is 10.2. The largest absolute Gasteiger partial charge is 0.508 e. The molecule has 0 spiro atoms.